The summed E-state index contributed by atoms with van der Waals surface area (Å²) in [6, 6.07) is 13.2. The molecule has 0 atom stereocenters. The van der Waals surface area contributed by atoms with E-state index in [0.29, 0.717) is 25.0 Å². The smallest absolute Gasteiger partial charge is 0.406 e. The fourth-order valence-electron chi connectivity index (χ4n) is 3.30. The minimum absolute atomic E-state index is 0.0331. The summed E-state index contributed by atoms with van der Waals surface area (Å²) < 4.78 is 40.5. The highest BCUT2D eigenvalue weighted by atomic mass is 19.4. The predicted molar refractivity (Wildman–Crippen MR) is 90.6 cm³/mol. The largest absolute Gasteiger partial charge is 0.573 e. The Morgan fingerprint density at radius 2 is 1.77 bits per heavy atom. The highest BCUT2D eigenvalue weighted by Crippen LogP contribution is 2.25. The molecule has 3 aromatic rings. The molecule has 4 nitrogen and oxygen atoms in total. The van der Waals surface area contributed by atoms with E-state index < -0.39 is 6.36 Å². The molecule has 26 heavy (non-hydrogen) atoms. The molecule has 0 amide bonds. The van der Waals surface area contributed by atoms with Gasteiger partial charge >= 0.3 is 6.36 Å². The lowest BCUT2D eigenvalue weighted by Gasteiger charge is -2.15. The van der Waals surface area contributed by atoms with E-state index >= 15 is 0 Å². The van der Waals surface area contributed by atoms with E-state index in [0.717, 1.165) is 22.3 Å². The second-order valence-electron chi connectivity index (χ2n) is 6.29. The number of aromatic amines is 1. The summed E-state index contributed by atoms with van der Waals surface area (Å²) in [6.07, 6.45) is -4.69. The zero-order valence-electron chi connectivity index (χ0n) is 13.6. The van der Waals surface area contributed by atoms with Crippen molar-refractivity contribution in [1.82, 2.24) is 9.88 Å². The van der Waals surface area contributed by atoms with E-state index in [1.54, 1.807) is 18.2 Å². The number of hydrogen-bond donors (Lipinski definition) is 1. The fourth-order valence-corrected chi connectivity index (χ4v) is 3.30. The van der Waals surface area contributed by atoms with E-state index in [1.165, 1.54) is 12.1 Å². The molecule has 1 N–H and O–H groups in total. The van der Waals surface area contributed by atoms with E-state index in [2.05, 4.69) is 14.6 Å². The van der Waals surface area contributed by atoms with Crippen LogP contribution in [0, 0.1) is 0 Å². The number of nitrogens with one attached hydrogen (secondary N) is 1. The van der Waals surface area contributed by atoms with Gasteiger partial charge in [0, 0.05) is 41.8 Å². The SMILES string of the molecule is O=c1c2c([nH]c3ccccc13)CN(Cc1ccc(OC(F)(F)F)cc1)C2. The van der Waals surface area contributed by atoms with Crippen molar-refractivity contribution in [1.29, 1.82) is 0 Å². The molecule has 4 rings (SSSR count). The van der Waals surface area contributed by atoms with Crippen LogP contribution in [0.5, 0.6) is 5.75 Å². The molecule has 0 spiro atoms. The molecule has 0 saturated heterocycles. The van der Waals surface area contributed by atoms with Crippen LogP contribution in [-0.4, -0.2) is 16.2 Å². The lowest BCUT2D eigenvalue weighted by Crippen LogP contribution is -2.18. The number of H-pyrrole nitrogens is 1. The van der Waals surface area contributed by atoms with Crippen molar-refractivity contribution in [2.24, 2.45) is 0 Å². The Kier molecular flexibility index (Phi) is 3.96. The van der Waals surface area contributed by atoms with Crippen LogP contribution in [-0.2, 0) is 19.6 Å². The number of hydrogen-bond acceptors (Lipinski definition) is 3. The molecule has 7 heteroatoms. The molecular weight excluding hydrogens is 345 g/mol. The van der Waals surface area contributed by atoms with E-state index in [9.17, 15) is 18.0 Å². The Labute approximate surface area is 146 Å². The second-order valence-corrected chi connectivity index (χ2v) is 6.29. The van der Waals surface area contributed by atoms with Gasteiger partial charge in [0.25, 0.3) is 0 Å². The lowest BCUT2D eigenvalue weighted by atomic mass is 10.1. The third kappa shape index (κ3) is 3.30. The summed E-state index contributed by atoms with van der Waals surface area (Å²) >= 11 is 0. The van der Waals surface area contributed by atoms with Crippen LogP contribution in [0.3, 0.4) is 0 Å². The van der Waals surface area contributed by atoms with E-state index in [1.807, 2.05) is 18.2 Å². The number of nitrogens with zero attached hydrogens (tertiary/aromatic N) is 1. The van der Waals surface area contributed by atoms with Gasteiger partial charge in [-0.15, -0.1) is 13.2 Å². The second kappa shape index (κ2) is 6.17. The number of halogens is 3. The van der Waals surface area contributed by atoms with Gasteiger partial charge in [0.05, 0.1) is 0 Å². The van der Waals surface area contributed by atoms with Crippen molar-refractivity contribution in [2.45, 2.75) is 26.0 Å². The van der Waals surface area contributed by atoms with Gasteiger partial charge in [0.2, 0.25) is 0 Å². The summed E-state index contributed by atoms with van der Waals surface area (Å²) in [5.41, 5.74) is 3.34. The van der Waals surface area contributed by atoms with Gasteiger partial charge in [-0.05, 0) is 29.8 Å². The number of ether oxygens (including phenoxy) is 1. The highest BCUT2D eigenvalue weighted by Gasteiger charge is 2.31. The standard InChI is InChI=1S/C19H15F3N2O2/c20-19(21,22)26-13-7-5-12(6-8-13)9-24-10-15-17(11-24)23-16-4-2-1-3-14(16)18(15)25/h1-8H,9-11H2,(H,23,25). The molecule has 0 radical (unpaired) electrons. The number of para-hydroxylation sites is 1. The Morgan fingerprint density at radius 1 is 1.04 bits per heavy atom. The molecule has 1 aliphatic heterocycles. The van der Waals surface area contributed by atoms with Crippen molar-refractivity contribution in [3.63, 3.8) is 0 Å². The predicted octanol–water partition coefficient (Wildman–Crippen LogP) is 3.94. The van der Waals surface area contributed by atoms with Gasteiger partial charge in [-0.1, -0.05) is 24.3 Å². The molecule has 0 bridgehead atoms. The topological polar surface area (TPSA) is 45.3 Å². The Bertz CT molecular complexity index is 1010. The number of benzene rings is 2. The first-order valence-corrected chi connectivity index (χ1v) is 8.09. The third-order valence-corrected chi connectivity index (χ3v) is 4.42. The van der Waals surface area contributed by atoms with Crippen LogP contribution in [0.4, 0.5) is 13.2 Å². The van der Waals surface area contributed by atoms with Crippen molar-refractivity contribution >= 4 is 10.9 Å². The fraction of sp³-hybridized carbons (Fsp3) is 0.211. The first kappa shape index (κ1) is 16.7. The number of pyridine rings is 1. The minimum Gasteiger partial charge on any atom is -0.406 e. The molecule has 2 heterocycles. The first-order chi connectivity index (χ1) is 12.4. The number of aromatic nitrogens is 1. The van der Waals surface area contributed by atoms with Crippen LogP contribution < -0.4 is 10.2 Å². The maximum Gasteiger partial charge on any atom is 0.573 e. The summed E-state index contributed by atoms with van der Waals surface area (Å²) in [4.78, 5) is 18.0. The Morgan fingerprint density at radius 3 is 2.50 bits per heavy atom. The molecule has 1 aliphatic rings. The normalized spacial score (nSPS) is 14.6. The number of fused-ring (bicyclic) bond motifs is 2. The Hall–Kier alpha value is -2.80. The van der Waals surface area contributed by atoms with Gasteiger partial charge in [-0.25, -0.2) is 0 Å². The van der Waals surface area contributed by atoms with Crippen molar-refractivity contribution in [2.75, 3.05) is 0 Å². The highest BCUT2D eigenvalue weighted by molar-refractivity contribution is 5.79. The molecular formula is C19H15F3N2O2. The van der Waals surface area contributed by atoms with Gasteiger partial charge in [-0.2, -0.15) is 0 Å². The first-order valence-electron chi connectivity index (χ1n) is 8.09. The van der Waals surface area contributed by atoms with Crippen molar-refractivity contribution in [3.05, 3.63) is 75.6 Å². The molecule has 0 unspecified atom stereocenters. The van der Waals surface area contributed by atoms with Crippen LogP contribution in [0.2, 0.25) is 0 Å². The molecule has 0 aliphatic carbocycles. The van der Waals surface area contributed by atoms with Gasteiger partial charge in [0.1, 0.15) is 5.75 Å². The molecule has 134 valence electrons. The zero-order chi connectivity index (χ0) is 18.3. The summed E-state index contributed by atoms with van der Waals surface area (Å²) in [5, 5.41) is 0.668. The molecule has 2 aromatic carbocycles. The number of rotatable bonds is 3. The molecule has 1 aromatic heterocycles. The molecule has 0 fully saturated rings. The summed E-state index contributed by atoms with van der Waals surface area (Å²) in [7, 11) is 0. The maximum atomic E-state index is 12.6. The van der Waals surface area contributed by atoms with Gasteiger partial charge in [0.15, 0.2) is 5.43 Å². The van der Waals surface area contributed by atoms with Crippen molar-refractivity contribution in [3.8, 4) is 5.75 Å². The zero-order valence-corrected chi connectivity index (χ0v) is 13.6. The quantitative estimate of drug-likeness (QED) is 0.769. The lowest BCUT2D eigenvalue weighted by molar-refractivity contribution is -0.274. The maximum absolute atomic E-state index is 12.6. The van der Waals surface area contributed by atoms with E-state index in [-0.39, 0.29) is 11.2 Å². The van der Waals surface area contributed by atoms with Crippen LogP contribution in [0.1, 0.15) is 16.8 Å². The number of alkyl halides is 3. The Balaban J connectivity index is 1.51. The van der Waals surface area contributed by atoms with Crippen LogP contribution in [0.15, 0.2) is 53.3 Å². The average molecular weight is 360 g/mol. The van der Waals surface area contributed by atoms with Crippen LogP contribution >= 0.6 is 0 Å². The molecule has 0 saturated carbocycles. The van der Waals surface area contributed by atoms with Gasteiger partial charge < -0.3 is 9.72 Å². The van der Waals surface area contributed by atoms with Crippen LogP contribution in [0.25, 0.3) is 10.9 Å². The average Bonchev–Trinajstić information content (AvgIpc) is 2.98. The monoisotopic (exact) mass is 360 g/mol. The van der Waals surface area contributed by atoms with Crippen molar-refractivity contribution < 1.29 is 17.9 Å². The third-order valence-electron chi connectivity index (χ3n) is 4.42. The van der Waals surface area contributed by atoms with Gasteiger partial charge in [-0.3, -0.25) is 9.69 Å². The minimum atomic E-state index is -4.69. The summed E-state index contributed by atoms with van der Waals surface area (Å²) in [6.45, 7) is 1.64. The summed E-state index contributed by atoms with van der Waals surface area (Å²) in [5.74, 6) is -0.243. The van der Waals surface area contributed by atoms with E-state index in [4.69, 9.17) is 0 Å².